The average Bonchev–Trinajstić information content (AvgIpc) is 1.60. The molecule has 1 aliphatic rings. The number of rotatable bonds is 17. The largest absolute Gasteiger partial charge is 0.490 e. The molecule has 1 aromatic rings. The molecule has 36 heteroatoms. The molecule has 1 aliphatic heterocycles. The molecular weight excluding hydrogens is 1170 g/mol. The maximum atomic E-state index is 14.6. The van der Waals surface area contributed by atoms with E-state index in [-0.39, 0.29) is 43.8 Å². The summed E-state index contributed by atoms with van der Waals surface area (Å²) < 4.78 is 96.5. The van der Waals surface area contributed by atoms with Crippen LogP contribution >= 0.6 is 0 Å². The van der Waals surface area contributed by atoms with E-state index >= 15 is 0 Å². The van der Waals surface area contributed by atoms with Crippen LogP contribution in [0.5, 0.6) is 0 Å². The predicted molar refractivity (Wildman–Crippen MR) is 283 cm³/mol. The highest BCUT2D eigenvalue weighted by Gasteiger charge is 2.49. The molecule has 0 bridgehead atoms. The molecule has 86 heavy (non-hydrogen) atoms. The summed E-state index contributed by atoms with van der Waals surface area (Å²) in [6, 6.07) is -10.9. The maximum Gasteiger partial charge on any atom is 0.490 e. The van der Waals surface area contributed by atoms with Gasteiger partial charge in [-0.3, -0.25) is 48.1 Å². The van der Waals surface area contributed by atoms with Gasteiger partial charge in [0.2, 0.25) is 53.4 Å². The lowest BCUT2D eigenvalue weighted by Crippen LogP contribution is -2.64. The molecule has 30 nitrogen and oxygen atoms in total. The summed E-state index contributed by atoms with van der Waals surface area (Å²) in [5.41, 5.74) is 22.3. The number of ether oxygens (including phenoxy) is 3. The Morgan fingerprint density at radius 1 is 0.674 bits per heavy atom. The van der Waals surface area contributed by atoms with Gasteiger partial charge in [-0.1, -0.05) is 78.3 Å². The summed E-state index contributed by atoms with van der Waals surface area (Å²) in [5, 5.41) is 38.0. The number of aliphatic hydroxyl groups excluding tert-OH is 2. The molecule has 0 aromatic heterocycles. The van der Waals surface area contributed by atoms with Gasteiger partial charge >= 0.3 is 30.3 Å². The number of primary amides is 1. The van der Waals surface area contributed by atoms with Crippen molar-refractivity contribution in [2.45, 2.75) is 159 Å². The smallest absolute Gasteiger partial charge is 0.454 e. The van der Waals surface area contributed by atoms with Gasteiger partial charge in [0, 0.05) is 6.54 Å². The van der Waals surface area contributed by atoms with E-state index in [0.29, 0.717) is 0 Å². The van der Waals surface area contributed by atoms with E-state index in [1.165, 1.54) is 37.3 Å². The quantitative estimate of drug-likeness (QED) is 0.0175. The second-order valence-electron chi connectivity index (χ2n) is 20.4. The van der Waals surface area contributed by atoms with Crippen LogP contribution in [0.2, 0.25) is 0 Å². The third-order valence-corrected chi connectivity index (χ3v) is 12.7. The number of alkyl halides is 6. The number of hydrogen-bond donors (Lipinski definition) is 14. The summed E-state index contributed by atoms with van der Waals surface area (Å²) in [6.07, 6.45) is -21.6. The molecule has 1 aromatic carbocycles. The lowest BCUT2D eigenvalue weighted by atomic mass is 9.95. The van der Waals surface area contributed by atoms with Gasteiger partial charge in [-0.05, 0) is 49.5 Å². The van der Waals surface area contributed by atoms with E-state index < -0.39 is 187 Å². The number of esters is 3. The minimum atomic E-state index is -5.90. The van der Waals surface area contributed by atoms with Crippen molar-refractivity contribution in [1.29, 1.82) is 0 Å². The summed E-state index contributed by atoms with van der Waals surface area (Å²) in [6.45, 7) is 6.40. The highest BCUT2D eigenvalue weighted by molar-refractivity contribution is 6.00. The van der Waals surface area contributed by atoms with Crippen LogP contribution in [-0.2, 0) is 71.7 Å². The molecule has 482 valence electrons. The first kappa shape index (κ1) is 73.7. The number of carbonyl (C=O) groups is 12. The van der Waals surface area contributed by atoms with Crippen LogP contribution in [0.15, 0.2) is 35.3 Å². The van der Waals surface area contributed by atoms with Crippen molar-refractivity contribution in [3.63, 3.8) is 0 Å². The van der Waals surface area contributed by atoms with Gasteiger partial charge in [-0.2, -0.15) is 26.3 Å². The first-order valence-corrected chi connectivity index (χ1v) is 26.5. The number of halogens is 6. The topological polar surface area (TPSA) is 486 Å². The Balaban J connectivity index is 3.08. The lowest BCUT2D eigenvalue weighted by molar-refractivity contribution is -0.208. The Morgan fingerprint density at radius 2 is 1.19 bits per heavy atom. The minimum absolute atomic E-state index is 0.0717. The van der Waals surface area contributed by atoms with E-state index in [1.807, 2.05) is 5.32 Å². The fourth-order valence-electron chi connectivity index (χ4n) is 7.97. The standard InChI is InChI=1S/C50H73F6N13O17/c1-8-22(6)30-42(78)68-31(23(7)71)41(77)62-18-28(72)66-33(36(37(58)73)86-47(83)50(54,55)56)44(80)65-27(19-70)45(81)84-35(24-13-10-9-11-14-24)29(57)40(76)69-32(34(21(4)5)85-46(82)49(51,52)53)43(79)64-26(17-20(2)3)39(75)63-25(38(74)67-30)15-12-16-61-48(59)60/h9-11,13-14,20-23,25-27,29-36,70-71H,8,12,15-19,57H2,1-7H3,(H2,58,73)(H,62,77)(H,63,75)(H,64,79)(H,65,80)(H,66,72)(H,67,74)(H,68,78)(H,69,76)(H4,59,60,61)/t22-,23-,25+,26-,27-,29-,30-,31-,32-,33-,34+,35+,36-/m0/s1. The average molecular weight is 1240 g/mol. The predicted octanol–water partition coefficient (Wildman–Crippen LogP) is -4.27. The summed E-state index contributed by atoms with van der Waals surface area (Å²) in [5.74, 6) is -24.5. The summed E-state index contributed by atoms with van der Waals surface area (Å²) in [7, 11) is 0. The van der Waals surface area contributed by atoms with Crippen LogP contribution in [0.25, 0.3) is 0 Å². The number of cyclic esters (lactones) is 1. The zero-order valence-corrected chi connectivity index (χ0v) is 47.5. The van der Waals surface area contributed by atoms with Gasteiger partial charge in [0.15, 0.2) is 24.1 Å². The molecule has 0 saturated carbocycles. The van der Waals surface area contributed by atoms with Gasteiger partial charge in [-0.25, -0.2) is 14.4 Å². The monoisotopic (exact) mass is 1240 g/mol. The number of hydrogen-bond acceptors (Lipinski definition) is 19. The Bertz CT molecular complexity index is 2610. The number of benzene rings is 1. The number of guanidine groups is 1. The molecule has 0 radical (unpaired) electrons. The number of aliphatic imine (C=N–C) groups is 1. The van der Waals surface area contributed by atoms with Gasteiger partial charge in [0.05, 0.1) is 19.3 Å². The minimum Gasteiger partial charge on any atom is -0.454 e. The van der Waals surface area contributed by atoms with Gasteiger partial charge in [0.25, 0.3) is 5.91 Å². The maximum absolute atomic E-state index is 14.6. The Morgan fingerprint density at radius 3 is 1.70 bits per heavy atom. The number of nitrogens with zero attached hydrogens (tertiary/aromatic N) is 1. The first-order chi connectivity index (χ1) is 39.9. The van der Waals surface area contributed by atoms with E-state index in [1.54, 1.807) is 31.4 Å². The van der Waals surface area contributed by atoms with Crippen LogP contribution in [0, 0.1) is 17.8 Å². The number of nitrogens with two attached hydrogens (primary N) is 4. The molecule has 13 atom stereocenters. The van der Waals surface area contributed by atoms with Gasteiger partial charge in [-0.15, -0.1) is 0 Å². The SMILES string of the molecule is CC[C@H](C)[C@@H]1NC(=O)[C@@H](CCCN=C(N)N)NC(=O)[C@H](CC(C)C)NC(=O)[C@H]([C@H](OC(=O)C(F)(F)F)C(C)C)NC(=O)[C@@H](N)[C@@H](c2ccccc2)OC(=O)[C@H](CO)NC(=O)[C@H]([C@H](OC(=O)C(F)(F)F)C(N)=O)NC(=O)CNC(=O)[C@H]([C@H](C)O)NC1=O. The number of carbonyl (C=O) groups excluding carboxylic acids is 12. The normalized spacial score (nSPS) is 24.8. The summed E-state index contributed by atoms with van der Waals surface area (Å²) >= 11 is 0. The van der Waals surface area contributed by atoms with Crippen molar-refractivity contribution in [2.24, 2.45) is 45.7 Å². The number of amides is 9. The molecule has 18 N–H and O–H groups in total. The highest BCUT2D eigenvalue weighted by Crippen LogP contribution is 2.25. The van der Waals surface area contributed by atoms with Crippen molar-refractivity contribution >= 4 is 77.0 Å². The lowest BCUT2D eigenvalue weighted by Gasteiger charge is -2.33. The third kappa shape index (κ3) is 22.9. The molecule has 1 heterocycles. The van der Waals surface area contributed by atoms with Crippen LogP contribution < -0.4 is 65.5 Å². The van der Waals surface area contributed by atoms with E-state index in [9.17, 15) is 94.1 Å². The second kappa shape index (κ2) is 33.3. The molecule has 1 saturated heterocycles. The Hall–Kier alpha value is -8.41. The molecule has 2 rings (SSSR count). The van der Waals surface area contributed by atoms with Gasteiger partial charge in [0.1, 0.15) is 42.4 Å². The van der Waals surface area contributed by atoms with Gasteiger partial charge < -0.3 is 89.9 Å². The van der Waals surface area contributed by atoms with Crippen molar-refractivity contribution in [3.8, 4) is 0 Å². The third-order valence-electron chi connectivity index (χ3n) is 12.7. The molecule has 1 fully saturated rings. The van der Waals surface area contributed by atoms with Crippen LogP contribution in [0.1, 0.15) is 85.8 Å². The number of aliphatic hydroxyl groups is 2. The van der Waals surface area contributed by atoms with Crippen molar-refractivity contribution in [3.05, 3.63) is 35.9 Å². The van der Waals surface area contributed by atoms with E-state index in [0.717, 1.165) is 20.8 Å². The summed E-state index contributed by atoms with van der Waals surface area (Å²) in [4.78, 5) is 168. The van der Waals surface area contributed by atoms with Crippen LogP contribution in [0.4, 0.5) is 26.3 Å². The first-order valence-electron chi connectivity index (χ1n) is 26.5. The van der Waals surface area contributed by atoms with Crippen molar-refractivity contribution in [1.82, 2.24) is 42.5 Å². The molecule has 0 spiro atoms. The van der Waals surface area contributed by atoms with Crippen LogP contribution in [0.3, 0.4) is 0 Å². The molecule has 0 aliphatic carbocycles. The van der Waals surface area contributed by atoms with Crippen molar-refractivity contribution < 1.29 is 108 Å². The zero-order valence-electron chi connectivity index (χ0n) is 47.5. The molecular formula is C50H73F6N13O17. The zero-order chi connectivity index (χ0) is 65.7. The fraction of sp³-hybridized carbons (Fsp3) is 0.620. The molecule has 9 amide bonds. The Labute approximate surface area is 487 Å². The highest BCUT2D eigenvalue weighted by atomic mass is 19.4. The van der Waals surface area contributed by atoms with E-state index in [2.05, 4.69) is 36.3 Å². The second-order valence-corrected chi connectivity index (χ2v) is 20.4. The Kier molecular flexibility index (Phi) is 28.6. The number of nitrogens with one attached hydrogen (secondary N) is 8. The van der Waals surface area contributed by atoms with E-state index in [4.69, 9.17) is 32.4 Å². The van der Waals surface area contributed by atoms with Crippen LogP contribution in [-0.4, -0.2) is 186 Å². The molecule has 0 unspecified atom stereocenters. The van der Waals surface area contributed by atoms with Crippen molar-refractivity contribution in [2.75, 3.05) is 19.7 Å². The fourth-order valence-corrected chi connectivity index (χ4v) is 7.97.